The first-order valence-corrected chi connectivity index (χ1v) is 8.17. The van der Waals surface area contributed by atoms with Crippen LogP contribution in [-0.2, 0) is 11.3 Å². The van der Waals surface area contributed by atoms with Crippen LogP contribution in [0.2, 0.25) is 0 Å². The van der Waals surface area contributed by atoms with Gasteiger partial charge in [0.05, 0.1) is 18.2 Å². The summed E-state index contributed by atoms with van der Waals surface area (Å²) in [5.74, 6) is 0.624. The van der Waals surface area contributed by atoms with Crippen LogP contribution in [-0.4, -0.2) is 44.8 Å². The van der Waals surface area contributed by atoms with Crippen molar-refractivity contribution in [3.8, 4) is 6.07 Å². The van der Waals surface area contributed by atoms with Gasteiger partial charge >= 0.3 is 0 Å². The van der Waals surface area contributed by atoms with Gasteiger partial charge in [0, 0.05) is 32.7 Å². The van der Waals surface area contributed by atoms with Crippen molar-refractivity contribution in [1.29, 1.82) is 5.26 Å². The summed E-state index contributed by atoms with van der Waals surface area (Å²) in [6.45, 7) is 6.29. The number of nitriles is 1. The van der Waals surface area contributed by atoms with Gasteiger partial charge in [-0.25, -0.2) is 0 Å². The van der Waals surface area contributed by atoms with Gasteiger partial charge in [0.25, 0.3) is 0 Å². The summed E-state index contributed by atoms with van der Waals surface area (Å²) in [6, 6.07) is 10.2. The quantitative estimate of drug-likeness (QED) is 0.918. The van der Waals surface area contributed by atoms with E-state index in [1.807, 2.05) is 25.3 Å². The average Bonchev–Trinajstić information content (AvgIpc) is 2.85. The Morgan fingerprint density at radius 2 is 2.17 bits per heavy atom. The number of halogens is 1. The van der Waals surface area contributed by atoms with E-state index in [1.165, 1.54) is 18.4 Å². The fourth-order valence-electron chi connectivity index (χ4n) is 4.18. The lowest BCUT2D eigenvalue weighted by atomic mass is 9.71. The topological polar surface area (TPSA) is 48.3 Å². The number of rotatable bonds is 4. The van der Waals surface area contributed by atoms with Crippen LogP contribution in [0.3, 0.4) is 0 Å². The molecule has 1 unspecified atom stereocenters. The third kappa shape index (κ3) is 4.05. The number of benzene rings is 1. The number of nitrogens with one attached hydrogen (secondary N) is 1. The van der Waals surface area contributed by atoms with Gasteiger partial charge in [0.2, 0.25) is 0 Å². The van der Waals surface area contributed by atoms with Crippen LogP contribution in [0.5, 0.6) is 0 Å². The molecule has 0 aliphatic carbocycles. The van der Waals surface area contributed by atoms with E-state index in [-0.39, 0.29) is 12.4 Å². The molecule has 1 atom stereocenters. The predicted octanol–water partition coefficient (Wildman–Crippen LogP) is 2.43. The normalized spacial score (nSPS) is 23.4. The Bertz CT molecular complexity index is 551. The second kappa shape index (κ2) is 8.12. The minimum atomic E-state index is 0. The molecule has 1 N–H and O–H groups in total. The summed E-state index contributed by atoms with van der Waals surface area (Å²) < 4.78 is 5.50. The third-order valence-electron chi connectivity index (χ3n) is 5.31. The first kappa shape index (κ1) is 18.2. The summed E-state index contributed by atoms with van der Waals surface area (Å²) in [5, 5.41) is 12.5. The van der Waals surface area contributed by atoms with Crippen LogP contribution in [0.4, 0.5) is 0 Å². The number of likely N-dealkylation sites (tertiary alicyclic amines) is 1. The first-order chi connectivity index (χ1) is 10.8. The van der Waals surface area contributed by atoms with Crippen LogP contribution in [0.1, 0.15) is 24.0 Å². The number of piperidine rings is 1. The van der Waals surface area contributed by atoms with Gasteiger partial charge in [-0.2, -0.15) is 5.26 Å². The molecular formula is C18H26ClN3O. The van der Waals surface area contributed by atoms with Gasteiger partial charge in [0.1, 0.15) is 0 Å². The smallest absolute Gasteiger partial charge is 0.0991 e. The summed E-state index contributed by atoms with van der Waals surface area (Å²) in [7, 11) is 1.81. The molecule has 2 fully saturated rings. The van der Waals surface area contributed by atoms with E-state index in [9.17, 15) is 0 Å². The number of nitrogens with zero attached hydrogens (tertiary/aromatic N) is 2. The molecule has 2 aliphatic heterocycles. The first-order valence-electron chi connectivity index (χ1n) is 8.17. The highest BCUT2D eigenvalue weighted by Gasteiger charge is 2.46. The highest BCUT2D eigenvalue weighted by molar-refractivity contribution is 5.85. The molecule has 0 bridgehead atoms. The summed E-state index contributed by atoms with van der Waals surface area (Å²) in [6.07, 6.45) is 2.49. The predicted molar refractivity (Wildman–Crippen MR) is 93.6 cm³/mol. The molecule has 2 saturated heterocycles. The lowest BCUT2D eigenvalue weighted by Crippen LogP contribution is -2.43. The van der Waals surface area contributed by atoms with E-state index in [0.717, 1.165) is 44.9 Å². The molecule has 2 aliphatic rings. The highest BCUT2D eigenvalue weighted by atomic mass is 35.5. The molecule has 0 aromatic heterocycles. The second-order valence-electron chi connectivity index (χ2n) is 6.75. The largest absolute Gasteiger partial charge is 0.384 e. The molecule has 0 radical (unpaired) electrons. The second-order valence-corrected chi connectivity index (χ2v) is 6.75. The van der Waals surface area contributed by atoms with Crippen LogP contribution in [0.15, 0.2) is 24.3 Å². The molecule has 126 valence electrons. The van der Waals surface area contributed by atoms with Crippen molar-refractivity contribution in [3.63, 3.8) is 0 Å². The molecule has 23 heavy (non-hydrogen) atoms. The molecule has 1 aromatic carbocycles. The zero-order chi connectivity index (χ0) is 15.4. The Morgan fingerprint density at radius 3 is 2.87 bits per heavy atom. The maximum absolute atomic E-state index is 9.05. The van der Waals surface area contributed by atoms with Gasteiger partial charge < -0.3 is 10.1 Å². The Balaban J connectivity index is 0.00000192. The Hall–Kier alpha value is -1.12. The lowest BCUT2D eigenvalue weighted by molar-refractivity contribution is 0.0716. The van der Waals surface area contributed by atoms with Gasteiger partial charge in [-0.1, -0.05) is 12.1 Å². The van der Waals surface area contributed by atoms with E-state index in [1.54, 1.807) is 0 Å². The highest BCUT2D eigenvalue weighted by Crippen LogP contribution is 2.43. The van der Waals surface area contributed by atoms with Crippen molar-refractivity contribution in [2.45, 2.75) is 19.4 Å². The summed E-state index contributed by atoms with van der Waals surface area (Å²) in [5.41, 5.74) is 2.40. The molecule has 0 saturated carbocycles. The van der Waals surface area contributed by atoms with Gasteiger partial charge in [-0.15, -0.1) is 12.4 Å². The standard InChI is InChI=1S/C18H25N3O.ClH/c1-22-13-17-12-21(14-18(17)5-7-20-8-6-18)11-16-4-2-3-15(9-16)10-19;/h2-4,9,17,20H,5-8,11-14H2,1H3;1H. The van der Waals surface area contributed by atoms with Crippen molar-refractivity contribution in [1.82, 2.24) is 10.2 Å². The van der Waals surface area contributed by atoms with E-state index < -0.39 is 0 Å². The average molecular weight is 336 g/mol. The Kier molecular flexibility index (Phi) is 6.43. The SMILES string of the molecule is COCC1CN(Cc2cccc(C#N)c2)CC12CCNCC2.Cl. The molecule has 5 heteroatoms. The van der Waals surface area contributed by atoms with Gasteiger partial charge in [0.15, 0.2) is 0 Å². The van der Waals surface area contributed by atoms with Crippen LogP contribution >= 0.6 is 12.4 Å². The Labute approximate surface area is 145 Å². The van der Waals surface area contributed by atoms with Crippen LogP contribution < -0.4 is 5.32 Å². The van der Waals surface area contributed by atoms with Crippen molar-refractivity contribution >= 4 is 12.4 Å². The molecule has 1 spiro atoms. The van der Waals surface area contributed by atoms with Gasteiger partial charge in [-0.05, 0) is 49.0 Å². The maximum Gasteiger partial charge on any atom is 0.0991 e. The fraction of sp³-hybridized carbons (Fsp3) is 0.611. The number of methoxy groups -OCH3 is 1. The zero-order valence-electron chi connectivity index (χ0n) is 13.8. The van der Waals surface area contributed by atoms with Crippen molar-refractivity contribution in [3.05, 3.63) is 35.4 Å². The molecule has 3 rings (SSSR count). The molecule has 2 heterocycles. The summed E-state index contributed by atoms with van der Waals surface area (Å²) in [4.78, 5) is 2.55. The Morgan fingerprint density at radius 1 is 1.39 bits per heavy atom. The molecule has 4 nitrogen and oxygen atoms in total. The van der Waals surface area contributed by atoms with Crippen molar-refractivity contribution in [2.24, 2.45) is 11.3 Å². The van der Waals surface area contributed by atoms with E-state index >= 15 is 0 Å². The fourth-order valence-corrected chi connectivity index (χ4v) is 4.18. The van der Waals surface area contributed by atoms with E-state index in [0.29, 0.717) is 11.3 Å². The number of ether oxygens (including phenoxy) is 1. The van der Waals surface area contributed by atoms with E-state index in [2.05, 4.69) is 22.4 Å². The third-order valence-corrected chi connectivity index (χ3v) is 5.31. The van der Waals surface area contributed by atoms with E-state index in [4.69, 9.17) is 10.00 Å². The maximum atomic E-state index is 9.05. The van der Waals surface area contributed by atoms with Crippen molar-refractivity contribution in [2.75, 3.05) is 39.9 Å². The van der Waals surface area contributed by atoms with Crippen LogP contribution in [0.25, 0.3) is 0 Å². The minimum Gasteiger partial charge on any atom is -0.384 e. The molecule has 1 aromatic rings. The minimum absolute atomic E-state index is 0. The molecule has 0 amide bonds. The molecular weight excluding hydrogens is 310 g/mol. The van der Waals surface area contributed by atoms with Crippen LogP contribution in [0, 0.1) is 22.7 Å². The monoisotopic (exact) mass is 335 g/mol. The lowest BCUT2D eigenvalue weighted by Gasteiger charge is -2.38. The number of hydrogen-bond donors (Lipinski definition) is 1. The number of hydrogen-bond acceptors (Lipinski definition) is 4. The van der Waals surface area contributed by atoms with Crippen molar-refractivity contribution < 1.29 is 4.74 Å². The summed E-state index contributed by atoms with van der Waals surface area (Å²) >= 11 is 0. The zero-order valence-corrected chi connectivity index (χ0v) is 14.6. The van der Waals surface area contributed by atoms with Gasteiger partial charge in [-0.3, -0.25) is 4.90 Å².